The number of rotatable bonds is 4. The predicted octanol–water partition coefficient (Wildman–Crippen LogP) is 0.488. The molecule has 1 amide bonds. The van der Waals surface area contributed by atoms with Gasteiger partial charge in [-0.1, -0.05) is 0 Å². The van der Waals surface area contributed by atoms with Gasteiger partial charge in [-0.05, 0) is 27.0 Å². The number of nitrogens with one attached hydrogen (secondary N) is 2. The Morgan fingerprint density at radius 3 is 2.69 bits per heavy atom. The maximum absolute atomic E-state index is 11.7. The topological polar surface area (TPSA) is 58.9 Å². The zero-order valence-electron chi connectivity index (χ0n) is 10.1. The van der Waals surface area contributed by atoms with E-state index in [-0.39, 0.29) is 24.4 Å². The summed E-state index contributed by atoms with van der Waals surface area (Å²) in [7, 11) is 3.63. The fraction of sp³-hybridized carbons (Fsp3) is 0.600. The Labute approximate surface area is 102 Å². The molecule has 16 heavy (non-hydrogen) atoms. The van der Waals surface area contributed by atoms with E-state index >= 15 is 0 Å². The number of halogens is 1. The Morgan fingerprint density at radius 1 is 1.62 bits per heavy atom. The highest BCUT2D eigenvalue weighted by atomic mass is 35.5. The average Bonchev–Trinajstić information content (AvgIpc) is 2.53. The standard InChI is InChI=1S/C10H18N4O.ClH/c1-7-5-9(14(4)13-7)10(15)12-6-8(2)11-3;/h5,8,11H,6H2,1-4H3,(H,12,15);1H. The summed E-state index contributed by atoms with van der Waals surface area (Å²) in [5, 5.41) is 10.0. The van der Waals surface area contributed by atoms with Crippen LogP contribution in [0.25, 0.3) is 0 Å². The molecule has 6 heteroatoms. The third-order valence-corrected chi connectivity index (χ3v) is 2.30. The second kappa shape index (κ2) is 6.50. The molecule has 2 N–H and O–H groups in total. The van der Waals surface area contributed by atoms with Crippen molar-refractivity contribution < 1.29 is 4.79 Å². The first-order valence-electron chi connectivity index (χ1n) is 5.00. The minimum absolute atomic E-state index is 0. The minimum Gasteiger partial charge on any atom is -0.349 e. The first-order valence-corrected chi connectivity index (χ1v) is 5.00. The Hall–Kier alpha value is -1.07. The molecule has 0 saturated heterocycles. The molecule has 5 nitrogen and oxygen atoms in total. The molecular weight excluding hydrogens is 228 g/mol. The van der Waals surface area contributed by atoms with Gasteiger partial charge in [0.05, 0.1) is 5.69 Å². The van der Waals surface area contributed by atoms with Crippen LogP contribution in [0.5, 0.6) is 0 Å². The second-order valence-electron chi connectivity index (χ2n) is 3.69. The van der Waals surface area contributed by atoms with Crippen LogP contribution in [-0.2, 0) is 7.05 Å². The van der Waals surface area contributed by atoms with Crippen LogP contribution in [0.4, 0.5) is 0 Å². The molecule has 0 aliphatic heterocycles. The molecule has 0 fully saturated rings. The van der Waals surface area contributed by atoms with Crippen LogP contribution in [0.3, 0.4) is 0 Å². The number of hydrogen-bond acceptors (Lipinski definition) is 3. The molecule has 0 aromatic carbocycles. The molecule has 0 aliphatic rings. The lowest BCUT2D eigenvalue weighted by atomic mass is 10.3. The first kappa shape index (κ1) is 14.9. The van der Waals surface area contributed by atoms with Crippen molar-refractivity contribution in [1.82, 2.24) is 20.4 Å². The van der Waals surface area contributed by atoms with Crippen LogP contribution in [0.1, 0.15) is 23.1 Å². The van der Waals surface area contributed by atoms with Crippen LogP contribution < -0.4 is 10.6 Å². The van der Waals surface area contributed by atoms with Gasteiger partial charge in [0.2, 0.25) is 0 Å². The van der Waals surface area contributed by atoms with Crippen LogP contribution in [0, 0.1) is 6.92 Å². The summed E-state index contributed by atoms with van der Waals surface area (Å²) < 4.78 is 1.59. The van der Waals surface area contributed by atoms with Gasteiger partial charge in [0.25, 0.3) is 5.91 Å². The molecule has 0 radical (unpaired) electrons. The van der Waals surface area contributed by atoms with Gasteiger partial charge in [-0.25, -0.2) is 0 Å². The number of nitrogens with zero attached hydrogens (tertiary/aromatic N) is 2. The normalized spacial score (nSPS) is 11.8. The van der Waals surface area contributed by atoms with E-state index in [1.54, 1.807) is 17.8 Å². The van der Waals surface area contributed by atoms with Crippen molar-refractivity contribution >= 4 is 18.3 Å². The smallest absolute Gasteiger partial charge is 0.269 e. The summed E-state index contributed by atoms with van der Waals surface area (Å²) in [6.07, 6.45) is 0. The molecule has 0 saturated carbocycles. The first-order chi connectivity index (χ1) is 7.04. The molecule has 1 atom stereocenters. The zero-order valence-corrected chi connectivity index (χ0v) is 10.9. The van der Waals surface area contributed by atoms with E-state index in [0.717, 1.165) is 5.69 Å². The molecule has 1 aromatic rings. The lowest BCUT2D eigenvalue weighted by Crippen LogP contribution is -2.37. The van der Waals surface area contributed by atoms with Crippen molar-refractivity contribution in [3.05, 3.63) is 17.5 Å². The zero-order chi connectivity index (χ0) is 11.4. The molecular formula is C10H19ClN4O. The minimum atomic E-state index is -0.0831. The highest BCUT2D eigenvalue weighted by Crippen LogP contribution is 2.01. The number of likely N-dealkylation sites (N-methyl/N-ethyl adjacent to an activating group) is 1. The number of aryl methyl sites for hydroxylation is 2. The highest BCUT2D eigenvalue weighted by molar-refractivity contribution is 5.92. The maximum atomic E-state index is 11.7. The number of carbonyl (C=O) groups excluding carboxylic acids is 1. The van der Waals surface area contributed by atoms with Crippen LogP contribution in [0.2, 0.25) is 0 Å². The molecule has 1 heterocycles. The largest absolute Gasteiger partial charge is 0.349 e. The fourth-order valence-electron chi connectivity index (χ4n) is 1.26. The Bertz CT molecular complexity index is 351. The number of amides is 1. The van der Waals surface area contributed by atoms with E-state index in [9.17, 15) is 4.79 Å². The summed E-state index contributed by atoms with van der Waals surface area (Å²) >= 11 is 0. The SMILES string of the molecule is CNC(C)CNC(=O)c1cc(C)nn1C.Cl. The Balaban J connectivity index is 0.00000225. The molecule has 1 aromatic heterocycles. The summed E-state index contributed by atoms with van der Waals surface area (Å²) in [4.78, 5) is 11.7. The summed E-state index contributed by atoms with van der Waals surface area (Å²) in [6.45, 7) is 4.49. The maximum Gasteiger partial charge on any atom is 0.269 e. The van der Waals surface area contributed by atoms with Crippen molar-refractivity contribution in [1.29, 1.82) is 0 Å². The Kier molecular flexibility index (Phi) is 6.06. The number of aromatic nitrogens is 2. The van der Waals surface area contributed by atoms with Gasteiger partial charge >= 0.3 is 0 Å². The van der Waals surface area contributed by atoms with E-state index in [0.29, 0.717) is 12.2 Å². The highest BCUT2D eigenvalue weighted by Gasteiger charge is 2.11. The predicted molar refractivity (Wildman–Crippen MR) is 66.0 cm³/mol. The van der Waals surface area contributed by atoms with Crippen molar-refractivity contribution in [3.8, 4) is 0 Å². The summed E-state index contributed by atoms with van der Waals surface area (Å²) in [5.74, 6) is -0.0831. The van der Waals surface area contributed by atoms with Gasteiger partial charge in [-0.3, -0.25) is 9.48 Å². The van der Waals surface area contributed by atoms with Crippen molar-refractivity contribution in [3.63, 3.8) is 0 Å². The van der Waals surface area contributed by atoms with Crippen molar-refractivity contribution in [2.24, 2.45) is 7.05 Å². The molecule has 0 aliphatic carbocycles. The van der Waals surface area contributed by atoms with Gasteiger partial charge in [0, 0.05) is 19.6 Å². The third kappa shape index (κ3) is 3.83. The van der Waals surface area contributed by atoms with Gasteiger partial charge < -0.3 is 10.6 Å². The lowest BCUT2D eigenvalue weighted by molar-refractivity contribution is 0.0941. The second-order valence-corrected chi connectivity index (χ2v) is 3.69. The average molecular weight is 247 g/mol. The molecule has 92 valence electrons. The monoisotopic (exact) mass is 246 g/mol. The quantitative estimate of drug-likeness (QED) is 0.813. The van der Waals surface area contributed by atoms with Gasteiger partial charge in [0.1, 0.15) is 5.69 Å². The third-order valence-electron chi connectivity index (χ3n) is 2.30. The summed E-state index contributed by atoms with van der Waals surface area (Å²) in [5.41, 5.74) is 1.44. The van der Waals surface area contributed by atoms with Crippen molar-refractivity contribution in [2.75, 3.05) is 13.6 Å². The van der Waals surface area contributed by atoms with Gasteiger partial charge in [0.15, 0.2) is 0 Å². The molecule has 0 bridgehead atoms. The lowest BCUT2D eigenvalue weighted by Gasteiger charge is -2.11. The van der Waals surface area contributed by atoms with Crippen LogP contribution in [-0.4, -0.2) is 35.3 Å². The van der Waals surface area contributed by atoms with Gasteiger partial charge in [-0.2, -0.15) is 5.10 Å². The number of hydrogen-bond donors (Lipinski definition) is 2. The van der Waals surface area contributed by atoms with E-state index in [4.69, 9.17) is 0 Å². The van der Waals surface area contributed by atoms with Crippen LogP contribution in [0.15, 0.2) is 6.07 Å². The van der Waals surface area contributed by atoms with E-state index < -0.39 is 0 Å². The van der Waals surface area contributed by atoms with Crippen LogP contribution >= 0.6 is 12.4 Å². The molecule has 1 unspecified atom stereocenters. The van der Waals surface area contributed by atoms with E-state index in [2.05, 4.69) is 15.7 Å². The van der Waals surface area contributed by atoms with Crippen molar-refractivity contribution in [2.45, 2.75) is 19.9 Å². The molecule has 0 spiro atoms. The fourth-order valence-corrected chi connectivity index (χ4v) is 1.26. The number of carbonyl (C=O) groups is 1. The van der Waals surface area contributed by atoms with E-state index in [1.165, 1.54) is 0 Å². The van der Waals surface area contributed by atoms with Gasteiger partial charge in [-0.15, -0.1) is 12.4 Å². The summed E-state index contributed by atoms with van der Waals surface area (Å²) in [6, 6.07) is 2.04. The Morgan fingerprint density at radius 2 is 2.25 bits per heavy atom. The van der Waals surface area contributed by atoms with E-state index in [1.807, 2.05) is 20.9 Å². The molecule has 1 rings (SSSR count).